The molecular weight excluding hydrogens is 235 g/mol. The number of hydrogen-bond acceptors (Lipinski definition) is 2. The predicted octanol–water partition coefficient (Wildman–Crippen LogP) is 3.50. The molecule has 1 aliphatic rings. The van der Waals surface area contributed by atoms with Gasteiger partial charge in [-0.2, -0.15) is 5.11 Å². The number of halogens is 2. The van der Waals surface area contributed by atoms with Crippen LogP contribution in [0.1, 0.15) is 11.6 Å². The number of amides is 1. The average Bonchev–Trinajstić information content (AvgIpc) is 2.20. The quantitative estimate of drug-likeness (QED) is 0.741. The number of nitrogens with zero attached hydrogens (tertiary/aromatic N) is 2. The summed E-state index contributed by atoms with van der Waals surface area (Å²) in [6.07, 6.45) is 1.27. The second-order valence-corrected chi connectivity index (χ2v) is 3.91. The van der Waals surface area contributed by atoms with E-state index < -0.39 is 5.91 Å². The number of azo groups is 1. The first-order valence-electron chi connectivity index (χ1n) is 4.24. The smallest absolute Gasteiger partial charge is 0.266 e. The van der Waals surface area contributed by atoms with Gasteiger partial charge in [-0.3, -0.25) is 4.79 Å². The van der Waals surface area contributed by atoms with Gasteiger partial charge in [0, 0.05) is 11.1 Å². The Kier molecular flexibility index (Phi) is 2.84. The minimum absolute atomic E-state index is 0.373. The molecule has 15 heavy (non-hydrogen) atoms. The van der Waals surface area contributed by atoms with Gasteiger partial charge in [-0.25, -0.2) is 0 Å². The summed E-state index contributed by atoms with van der Waals surface area (Å²) in [5, 5.41) is 8.29. The topological polar surface area (TPSA) is 41.8 Å². The zero-order valence-electron chi connectivity index (χ0n) is 7.52. The molecule has 1 heterocycles. The van der Waals surface area contributed by atoms with E-state index in [0.717, 1.165) is 5.56 Å². The summed E-state index contributed by atoms with van der Waals surface area (Å²) < 4.78 is 0. The highest BCUT2D eigenvalue weighted by molar-refractivity contribution is 6.32. The molecule has 0 fully saturated rings. The van der Waals surface area contributed by atoms with Crippen molar-refractivity contribution in [3.05, 3.63) is 46.0 Å². The van der Waals surface area contributed by atoms with Crippen LogP contribution in [0, 0.1) is 0 Å². The Morgan fingerprint density at radius 1 is 1.13 bits per heavy atom. The average molecular weight is 241 g/mol. The SMILES string of the molecule is O=C1C=C(Cl)C(c2ccc(Cl)cc2)N=N1. The maximum atomic E-state index is 10.9. The third kappa shape index (κ3) is 2.25. The van der Waals surface area contributed by atoms with Crippen molar-refractivity contribution in [3.63, 3.8) is 0 Å². The van der Waals surface area contributed by atoms with Crippen molar-refractivity contribution in [3.8, 4) is 0 Å². The fourth-order valence-electron chi connectivity index (χ4n) is 1.27. The molecule has 1 atom stereocenters. The molecule has 0 aliphatic carbocycles. The van der Waals surface area contributed by atoms with Crippen LogP contribution >= 0.6 is 23.2 Å². The lowest BCUT2D eigenvalue weighted by Crippen LogP contribution is -2.03. The Balaban J connectivity index is 2.32. The fourth-order valence-corrected chi connectivity index (χ4v) is 1.66. The summed E-state index contributed by atoms with van der Waals surface area (Å²) in [6.45, 7) is 0. The van der Waals surface area contributed by atoms with E-state index >= 15 is 0 Å². The minimum Gasteiger partial charge on any atom is -0.266 e. The lowest BCUT2D eigenvalue weighted by molar-refractivity contribution is -0.114. The molecule has 1 aromatic carbocycles. The Labute approximate surface area is 96.4 Å². The molecule has 3 nitrogen and oxygen atoms in total. The van der Waals surface area contributed by atoms with Crippen molar-refractivity contribution in [1.82, 2.24) is 0 Å². The molecule has 1 unspecified atom stereocenters. The molecule has 0 spiro atoms. The summed E-state index contributed by atoms with van der Waals surface area (Å²) in [4.78, 5) is 10.9. The van der Waals surface area contributed by atoms with E-state index in [1.165, 1.54) is 6.08 Å². The van der Waals surface area contributed by atoms with Crippen LogP contribution in [0.4, 0.5) is 0 Å². The van der Waals surface area contributed by atoms with Crippen molar-refractivity contribution in [2.75, 3.05) is 0 Å². The van der Waals surface area contributed by atoms with E-state index in [1.807, 2.05) is 0 Å². The standard InChI is InChI=1S/C10H6Cl2N2O/c11-7-3-1-6(2-4-7)10-8(12)5-9(15)13-14-10/h1-5,10H. The zero-order valence-corrected chi connectivity index (χ0v) is 9.03. The molecule has 0 N–H and O–H groups in total. The maximum Gasteiger partial charge on any atom is 0.289 e. The van der Waals surface area contributed by atoms with E-state index in [1.54, 1.807) is 24.3 Å². The van der Waals surface area contributed by atoms with E-state index in [9.17, 15) is 4.79 Å². The van der Waals surface area contributed by atoms with Crippen molar-refractivity contribution in [2.24, 2.45) is 10.2 Å². The lowest BCUT2D eigenvalue weighted by Gasteiger charge is -2.12. The van der Waals surface area contributed by atoms with Gasteiger partial charge in [-0.1, -0.05) is 35.3 Å². The molecule has 0 aromatic heterocycles. The van der Waals surface area contributed by atoms with Gasteiger partial charge < -0.3 is 0 Å². The van der Waals surface area contributed by atoms with E-state index in [-0.39, 0.29) is 6.04 Å². The van der Waals surface area contributed by atoms with Gasteiger partial charge >= 0.3 is 0 Å². The molecule has 5 heteroatoms. The van der Waals surface area contributed by atoms with Gasteiger partial charge in [0.1, 0.15) is 6.04 Å². The highest BCUT2D eigenvalue weighted by Crippen LogP contribution is 2.31. The summed E-state index contributed by atoms with van der Waals surface area (Å²) in [5.74, 6) is -0.426. The first kappa shape index (κ1) is 10.3. The normalized spacial score (nSPS) is 20.3. The molecule has 1 aliphatic heterocycles. The Morgan fingerprint density at radius 3 is 2.40 bits per heavy atom. The minimum atomic E-state index is -0.426. The highest BCUT2D eigenvalue weighted by atomic mass is 35.5. The Hall–Kier alpha value is -1.19. The van der Waals surface area contributed by atoms with Crippen LogP contribution in [0.15, 0.2) is 45.6 Å². The third-order valence-electron chi connectivity index (χ3n) is 1.98. The molecule has 0 saturated carbocycles. The molecule has 1 amide bonds. The molecule has 1 aromatic rings. The second kappa shape index (κ2) is 4.13. The van der Waals surface area contributed by atoms with Crippen LogP contribution in [0.3, 0.4) is 0 Å². The summed E-state index contributed by atoms with van der Waals surface area (Å²) in [7, 11) is 0. The van der Waals surface area contributed by atoms with Crippen molar-refractivity contribution < 1.29 is 4.79 Å². The van der Waals surface area contributed by atoms with Crippen LogP contribution < -0.4 is 0 Å². The number of benzene rings is 1. The van der Waals surface area contributed by atoms with Crippen LogP contribution in [0.25, 0.3) is 0 Å². The second-order valence-electron chi connectivity index (χ2n) is 3.04. The summed E-state index contributed by atoms with van der Waals surface area (Å²) in [6, 6.07) is 6.71. The van der Waals surface area contributed by atoms with Gasteiger partial charge in [0.05, 0.1) is 5.03 Å². The van der Waals surface area contributed by atoms with Crippen LogP contribution in [0.5, 0.6) is 0 Å². The molecule has 2 rings (SSSR count). The van der Waals surface area contributed by atoms with Crippen molar-refractivity contribution >= 4 is 29.1 Å². The zero-order chi connectivity index (χ0) is 10.8. The first-order valence-corrected chi connectivity index (χ1v) is 5.00. The predicted molar refractivity (Wildman–Crippen MR) is 58.0 cm³/mol. The molecule has 76 valence electrons. The van der Waals surface area contributed by atoms with Crippen LogP contribution in [-0.4, -0.2) is 5.91 Å². The Bertz CT molecular complexity index is 451. The molecular formula is C10H6Cl2N2O. The molecule has 0 radical (unpaired) electrons. The lowest BCUT2D eigenvalue weighted by atomic mass is 10.1. The van der Waals surface area contributed by atoms with Crippen molar-refractivity contribution in [1.29, 1.82) is 0 Å². The van der Waals surface area contributed by atoms with Crippen LogP contribution in [0.2, 0.25) is 5.02 Å². The number of carbonyl (C=O) groups excluding carboxylic acids is 1. The van der Waals surface area contributed by atoms with E-state index in [0.29, 0.717) is 10.1 Å². The van der Waals surface area contributed by atoms with Gasteiger partial charge in [0.2, 0.25) is 0 Å². The number of rotatable bonds is 1. The third-order valence-corrected chi connectivity index (χ3v) is 2.55. The summed E-state index contributed by atoms with van der Waals surface area (Å²) >= 11 is 11.7. The van der Waals surface area contributed by atoms with Gasteiger partial charge in [0.25, 0.3) is 5.91 Å². The van der Waals surface area contributed by atoms with Gasteiger partial charge in [-0.15, -0.1) is 5.11 Å². The molecule has 0 saturated heterocycles. The first-order chi connectivity index (χ1) is 7.16. The number of hydrogen-bond donors (Lipinski definition) is 0. The van der Waals surface area contributed by atoms with E-state index in [2.05, 4.69) is 10.2 Å². The van der Waals surface area contributed by atoms with E-state index in [4.69, 9.17) is 23.2 Å². The van der Waals surface area contributed by atoms with Crippen LogP contribution in [-0.2, 0) is 4.79 Å². The van der Waals surface area contributed by atoms with Gasteiger partial charge in [-0.05, 0) is 17.7 Å². The molecule has 0 bridgehead atoms. The highest BCUT2D eigenvalue weighted by Gasteiger charge is 2.19. The fraction of sp³-hybridized carbons (Fsp3) is 0.100. The maximum absolute atomic E-state index is 10.9. The summed E-state index contributed by atoms with van der Waals surface area (Å²) in [5.41, 5.74) is 0.858. The Morgan fingerprint density at radius 2 is 1.80 bits per heavy atom. The largest absolute Gasteiger partial charge is 0.289 e. The van der Waals surface area contributed by atoms with Crippen molar-refractivity contribution in [2.45, 2.75) is 6.04 Å². The monoisotopic (exact) mass is 240 g/mol. The number of carbonyl (C=O) groups is 1. The van der Waals surface area contributed by atoms with Gasteiger partial charge in [0.15, 0.2) is 0 Å².